The van der Waals surface area contributed by atoms with E-state index >= 15 is 0 Å². The van der Waals surface area contributed by atoms with E-state index in [2.05, 4.69) is 10.2 Å². The molecule has 1 aliphatic heterocycles. The topological polar surface area (TPSA) is 49.0 Å². The Labute approximate surface area is 99.3 Å². The number of carbonyl (C=O) groups excluding carboxylic acids is 1. The first kappa shape index (κ1) is 10.1. The number of aromatic nitrogens is 2. The fourth-order valence-electron chi connectivity index (χ4n) is 2.16. The van der Waals surface area contributed by atoms with Gasteiger partial charge in [-0.3, -0.25) is 9.89 Å². The molecule has 86 valence electrons. The van der Waals surface area contributed by atoms with E-state index in [-0.39, 0.29) is 5.91 Å². The molecule has 1 amide bonds. The highest BCUT2D eigenvalue weighted by atomic mass is 16.2. The van der Waals surface area contributed by atoms with Crippen molar-refractivity contribution >= 4 is 11.6 Å². The summed E-state index contributed by atoms with van der Waals surface area (Å²) in [6.07, 6.45) is 5.28. The molecule has 2 aromatic rings. The van der Waals surface area contributed by atoms with E-state index in [9.17, 15) is 4.79 Å². The van der Waals surface area contributed by atoms with E-state index in [1.807, 2.05) is 35.4 Å². The average Bonchev–Trinajstić information content (AvgIpc) is 3.00. The van der Waals surface area contributed by atoms with Gasteiger partial charge in [-0.15, -0.1) is 0 Å². The largest absolute Gasteiger partial charge is 0.312 e. The molecule has 1 fully saturated rings. The van der Waals surface area contributed by atoms with Crippen LogP contribution in [0.3, 0.4) is 0 Å². The third kappa shape index (κ3) is 1.82. The molecule has 1 saturated heterocycles. The highest BCUT2D eigenvalue weighted by Crippen LogP contribution is 2.25. The Bertz CT molecular complexity index is 516. The lowest BCUT2D eigenvalue weighted by Crippen LogP contribution is -2.23. The molecular weight excluding hydrogens is 214 g/mol. The molecule has 0 aliphatic carbocycles. The normalized spacial score (nSPS) is 15.5. The van der Waals surface area contributed by atoms with Gasteiger partial charge in [-0.1, -0.05) is 12.1 Å². The molecule has 1 N–H and O–H groups in total. The summed E-state index contributed by atoms with van der Waals surface area (Å²) in [6, 6.07) is 8.02. The van der Waals surface area contributed by atoms with Crippen LogP contribution < -0.4 is 4.90 Å². The Morgan fingerprint density at radius 2 is 2.00 bits per heavy atom. The van der Waals surface area contributed by atoms with Crippen molar-refractivity contribution in [3.8, 4) is 11.1 Å². The lowest BCUT2D eigenvalue weighted by molar-refractivity contribution is -0.117. The Morgan fingerprint density at radius 3 is 2.59 bits per heavy atom. The molecule has 0 atom stereocenters. The minimum absolute atomic E-state index is 0.223. The van der Waals surface area contributed by atoms with Crippen molar-refractivity contribution in [1.82, 2.24) is 10.2 Å². The third-order valence-corrected chi connectivity index (χ3v) is 3.08. The van der Waals surface area contributed by atoms with Gasteiger partial charge in [-0.2, -0.15) is 5.10 Å². The maximum absolute atomic E-state index is 11.6. The number of amides is 1. The standard InChI is InChI=1S/C13H13N3O/c17-13-2-1-7-16(13)12-5-3-10(4-6-12)11-8-14-15-9-11/h3-6,8-9H,1-2,7H2,(H,14,15). The van der Waals surface area contributed by atoms with Crippen LogP contribution in [0, 0.1) is 0 Å². The Morgan fingerprint density at radius 1 is 1.18 bits per heavy atom. The highest BCUT2D eigenvalue weighted by molar-refractivity contribution is 5.95. The summed E-state index contributed by atoms with van der Waals surface area (Å²) in [6.45, 7) is 0.837. The fraction of sp³-hybridized carbons (Fsp3) is 0.231. The predicted molar refractivity (Wildman–Crippen MR) is 65.6 cm³/mol. The smallest absolute Gasteiger partial charge is 0.227 e. The van der Waals surface area contributed by atoms with Gasteiger partial charge in [0.1, 0.15) is 0 Å². The maximum atomic E-state index is 11.6. The molecule has 2 heterocycles. The summed E-state index contributed by atoms with van der Waals surface area (Å²) >= 11 is 0. The molecule has 4 heteroatoms. The molecule has 0 unspecified atom stereocenters. The summed E-state index contributed by atoms with van der Waals surface area (Å²) < 4.78 is 0. The minimum Gasteiger partial charge on any atom is -0.312 e. The van der Waals surface area contributed by atoms with Crippen LogP contribution in [-0.2, 0) is 4.79 Å². The summed E-state index contributed by atoms with van der Waals surface area (Å²) in [4.78, 5) is 13.4. The van der Waals surface area contributed by atoms with E-state index in [1.165, 1.54) is 0 Å². The first-order valence-corrected chi connectivity index (χ1v) is 5.74. The molecule has 4 nitrogen and oxygen atoms in total. The Hall–Kier alpha value is -2.10. The molecule has 0 bridgehead atoms. The number of benzene rings is 1. The van der Waals surface area contributed by atoms with Crippen LogP contribution in [-0.4, -0.2) is 22.6 Å². The molecular formula is C13H13N3O. The van der Waals surface area contributed by atoms with Crippen molar-refractivity contribution in [3.05, 3.63) is 36.7 Å². The zero-order valence-electron chi connectivity index (χ0n) is 9.39. The lowest BCUT2D eigenvalue weighted by Gasteiger charge is -2.15. The maximum Gasteiger partial charge on any atom is 0.227 e. The van der Waals surface area contributed by atoms with Crippen molar-refractivity contribution < 1.29 is 4.79 Å². The van der Waals surface area contributed by atoms with E-state index in [0.29, 0.717) is 6.42 Å². The molecule has 3 rings (SSSR count). The number of hydrogen-bond donors (Lipinski definition) is 1. The first-order chi connectivity index (χ1) is 8.34. The number of nitrogens with zero attached hydrogens (tertiary/aromatic N) is 2. The van der Waals surface area contributed by atoms with Gasteiger partial charge in [0.05, 0.1) is 6.20 Å². The summed E-state index contributed by atoms with van der Waals surface area (Å²) in [5, 5.41) is 6.71. The number of nitrogens with one attached hydrogen (secondary N) is 1. The number of aromatic amines is 1. The summed E-state index contributed by atoms with van der Waals surface area (Å²) in [5.74, 6) is 0.223. The second-order valence-electron chi connectivity index (χ2n) is 4.18. The van der Waals surface area contributed by atoms with Gasteiger partial charge in [0.25, 0.3) is 0 Å². The van der Waals surface area contributed by atoms with Crippen LogP contribution in [0.5, 0.6) is 0 Å². The average molecular weight is 227 g/mol. The monoisotopic (exact) mass is 227 g/mol. The molecule has 0 radical (unpaired) electrons. The van der Waals surface area contributed by atoms with Crippen molar-refractivity contribution in [2.75, 3.05) is 11.4 Å². The quantitative estimate of drug-likeness (QED) is 0.855. The first-order valence-electron chi connectivity index (χ1n) is 5.74. The molecule has 17 heavy (non-hydrogen) atoms. The summed E-state index contributed by atoms with van der Waals surface area (Å²) in [7, 11) is 0. The Balaban J connectivity index is 1.87. The summed E-state index contributed by atoms with van der Waals surface area (Å²) in [5.41, 5.74) is 3.15. The molecule has 1 aromatic carbocycles. The molecule has 1 aliphatic rings. The van der Waals surface area contributed by atoms with E-state index in [4.69, 9.17) is 0 Å². The molecule has 0 saturated carbocycles. The van der Waals surface area contributed by atoms with Gasteiger partial charge in [0, 0.05) is 30.4 Å². The SMILES string of the molecule is O=C1CCCN1c1ccc(-c2cn[nH]c2)cc1. The van der Waals surface area contributed by atoms with Gasteiger partial charge in [0.15, 0.2) is 0 Å². The third-order valence-electron chi connectivity index (χ3n) is 3.08. The van der Waals surface area contributed by atoms with Gasteiger partial charge in [-0.05, 0) is 24.1 Å². The van der Waals surface area contributed by atoms with Crippen molar-refractivity contribution in [2.45, 2.75) is 12.8 Å². The second-order valence-corrected chi connectivity index (χ2v) is 4.18. The van der Waals surface area contributed by atoms with Crippen molar-refractivity contribution in [1.29, 1.82) is 0 Å². The van der Waals surface area contributed by atoms with Crippen LogP contribution in [0.4, 0.5) is 5.69 Å². The van der Waals surface area contributed by atoms with E-state index in [1.54, 1.807) is 6.20 Å². The van der Waals surface area contributed by atoms with Gasteiger partial charge >= 0.3 is 0 Å². The number of rotatable bonds is 2. The second kappa shape index (κ2) is 4.05. The van der Waals surface area contributed by atoms with Crippen LogP contribution in [0.25, 0.3) is 11.1 Å². The molecule has 0 spiro atoms. The lowest BCUT2D eigenvalue weighted by atomic mass is 10.1. The van der Waals surface area contributed by atoms with Crippen molar-refractivity contribution in [3.63, 3.8) is 0 Å². The van der Waals surface area contributed by atoms with Crippen LogP contribution in [0.15, 0.2) is 36.7 Å². The van der Waals surface area contributed by atoms with Gasteiger partial charge in [-0.25, -0.2) is 0 Å². The number of hydrogen-bond acceptors (Lipinski definition) is 2. The zero-order chi connectivity index (χ0) is 11.7. The van der Waals surface area contributed by atoms with Gasteiger partial charge < -0.3 is 4.90 Å². The molecule has 1 aromatic heterocycles. The fourth-order valence-corrected chi connectivity index (χ4v) is 2.16. The number of carbonyl (C=O) groups is 1. The van der Waals surface area contributed by atoms with Crippen LogP contribution in [0.1, 0.15) is 12.8 Å². The number of H-pyrrole nitrogens is 1. The van der Waals surface area contributed by atoms with E-state index in [0.717, 1.165) is 29.8 Å². The minimum atomic E-state index is 0.223. The van der Waals surface area contributed by atoms with Gasteiger partial charge in [0.2, 0.25) is 5.91 Å². The highest BCUT2D eigenvalue weighted by Gasteiger charge is 2.21. The predicted octanol–water partition coefficient (Wildman–Crippen LogP) is 2.20. The van der Waals surface area contributed by atoms with Crippen molar-refractivity contribution in [2.24, 2.45) is 0 Å². The number of anilines is 1. The van der Waals surface area contributed by atoms with Crippen LogP contribution in [0.2, 0.25) is 0 Å². The Kier molecular flexibility index (Phi) is 2.40. The van der Waals surface area contributed by atoms with Crippen LogP contribution >= 0.6 is 0 Å². The zero-order valence-corrected chi connectivity index (χ0v) is 9.39. The van der Waals surface area contributed by atoms with E-state index < -0.39 is 0 Å².